The Kier molecular flexibility index (Phi) is 6.26. The molecule has 0 aromatic heterocycles. The lowest BCUT2D eigenvalue weighted by molar-refractivity contribution is -0.384. The molecule has 0 aliphatic rings. The van der Waals surface area contributed by atoms with Crippen LogP contribution in [0.1, 0.15) is 22.8 Å². The summed E-state index contributed by atoms with van der Waals surface area (Å²) in [7, 11) is 1.18. The Morgan fingerprint density at radius 1 is 1.15 bits per heavy atom. The predicted molar refractivity (Wildman–Crippen MR) is 97.4 cm³/mol. The third kappa shape index (κ3) is 4.56. The number of methoxy groups -OCH3 is 1. The third-order valence-electron chi connectivity index (χ3n) is 3.73. The number of nitrogens with one attached hydrogen (secondary N) is 2. The molecule has 8 heteroatoms. The van der Waals surface area contributed by atoms with Gasteiger partial charge in [-0.25, -0.2) is 4.79 Å². The van der Waals surface area contributed by atoms with Crippen molar-refractivity contribution < 1.29 is 19.2 Å². The predicted octanol–water partition coefficient (Wildman–Crippen LogP) is 2.99. The van der Waals surface area contributed by atoms with E-state index < -0.39 is 10.9 Å². The molecule has 0 aliphatic heterocycles. The van der Waals surface area contributed by atoms with Gasteiger partial charge in [0.15, 0.2) is 0 Å². The summed E-state index contributed by atoms with van der Waals surface area (Å²) in [5.41, 5.74) is 1.76. The number of rotatable bonds is 7. The standard InChI is InChI=1S/C18H19N3O5/c1-3-12-6-4-5-7-15(12)20-17(22)11-19-16-9-8-13(21(24)25)10-14(16)18(23)26-2/h4-10,19H,3,11H2,1-2H3,(H,20,22). The van der Waals surface area contributed by atoms with E-state index in [1.54, 1.807) is 0 Å². The van der Waals surface area contributed by atoms with Gasteiger partial charge in [0.2, 0.25) is 5.91 Å². The summed E-state index contributed by atoms with van der Waals surface area (Å²) in [6, 6.07) is 11.2. The first-order valence-electron chi connectivity index (χ1n) is 7.94. The summed E-state index contributed by atoms with van der Waals surface area (Å²) >= 11 is 0. The fourth-order valence-electron chi connectivity index (χ4n) is 2.40. The first-order chi connectivity index (χ1) is 12.5. The molecular weight excluding hydrogens is 338 g/mol. The molecule has 0 aliphatic carbocycles. The van der Waals surface area contributed by atoms with Crippen LogP contribution >= 0.6 is 0 Å². The number of esters is 1. The Hall–Kier alpha value is -3.42. The van der Waals surface area contributed by atoms with Crippen molar-refractivity contribution in [2.75, 3.05) is 24.3 Å². The van der Waals surface area contributed by atoms with Crippen LogP contribution in [0, 0.1) is 10.1 Å². The van der Waals surface area contributed by atoms with Gasteiger partial charge in [-0.2, -0.15) is 0 Å². The first-order valence-corrected chi connectivity index (χ1v) is 7.94. The average molecular weight is 357 g/mol. The number of para-hydroxylation sites is 1. The van der Waals surface area contributed by atoms with Crippen LogP contribution in [0.2, 0.25) is 0 Å². The van der Waals surface area contributed by atoms with Crippen LogP contribution in [0.15, 0.2) is 42.5 Å². The van der Waals surface area contributed by atoms with E-state index in [1.807, 2.05) is 31.2 Å². The van der Waals surface area contributed by atoms with Gasteiger partial charge in [0, 0.05) is 23.5 Å². The summed E-state index contributed by atoms with van der Waals surface area (Å²) in [6.07, 6.45) is 0.777. The number of benzene rings is 2. The van der Waals surface area contributed by atoms with Crippen molar-refractivity contribution in [3.05, 3.63) is 63.7 Å². The van der Waals surface area contributed by atoms with Gasteiger partial charge < -0.3 is 15.4 Å². The van der Waals surface area contributed by atoms with E-state index in [2.05, 4.69) is 15.4 Å². The molecule has 0 unspecified atom stereocenters. The number of ether oxygens (including phenoxy) is 1. The highest BCUT2D eigenvalue weighted by atomic mass is 16.6. The maximum atomic E-state index is 12.2. The molecule has 0 saturated carbocycles. The largest absolute Gasteiger partial charge is 0.465 e. The van der Waals surface area contributed by atoms with E-state index in [0.29, 0.717) is 0 Å². The van der Waals surface area contributed by atoms with Gasteiger partial charge in [-0.1, -0.05) is 25.1 Å². The zero-order valence-electron chi connectivity index (χ0n) is 14.4. The van der Waals surface area contributed by atoms with Crippen molar-refractivity contribution >= 4 is 28.9 Å². The number of nitro benzene ring substituents is 1. The lowest BCUT2D eigenvalue weighted by atomic mass is 10.1. The van der Waals surface area contributed by atoms with E-state index in [0.717, 1.165) is 23.7 Å². The number of amides is 1. The quantitative estimate of drug-likeness (QED) is 0.448. The molecule has 0 radical (unpaired) electrons. The summed E-state index contributed by atoms with van der Waals surface area (Å²) in [5.74, 6) is -1.03. The Morgan fingerprint density at radius 3 is 2.54 bits per heavy atom. The first kappa shape index (κ1) is 18.9. The third-order valence-corrected chi connectivity index (χ3v) is 3.73. The van der Waals surface area contributed by atoms with Gasteiger partial charge >= 0.3 is 5.97 Å². The van der Waals surface area contributed by atoms with Crippen LogP contribution in [-0.4, -0.2) is 30.5 Å². The zero-order chi connectivity index (χ0) is 19.1. The van der Waals surface area contributed by atoms with Crippen molar-refractivity contribution in [1.29, 1.82) is 0 Å². The molecule has 0 atom stereocenters. The maximum Gasteiger partial charge on any atom is 0.340 e. The average Bonchev–Trinajstić information content (AvgIpc) is 2.65. The minimum Gasteiger partial charge on any atom is -0.465 e. The Bertz CT molecular complexity index is 835. The smallest absolute Gasteiger partial charge is 0.340 e. The van der Waals surface area contributed by atoms with E-state index in [-0.39, 0.29) is 29.4 Å². The number of nitrogens with zero attached hydrogens (tertiary/aromatic N) is 1. The van der Waals surface area contributed by atoms with Crippen molar-refractivity contribution in [2.24, 2.45) is 0 Å². The van der Waals surface area contributed by atoms with Crippen molar-refractivity contribution in [2.45, 2.75) is 13.3 Å². The van der Waals surface area contributed by atoms with E-state index in [1.165, 1.54) is 19.2 Å². The molecule has 0 heterocycles. The maximum absolute atomic E-state index is 12.2. The molecular formula is C18H19N3O5. The molecule has 0 fully saturated rings. The van der Waals surface area contributed by atoms with Crippen LogP contribution in [0.3, 0.4) is 0 Å². The van der Waals surface area contributed by atoms with Gasteiger partial charge in [0.05, 0.1) is 24.1 Å². The Morgan fingerprint density at radius 2 is 1.88 bits per heavy atom. The second-order valence-electron chi connectivity index (χ2n) is 5.39. The molecule has 26 heavy (non-hydrogen) atoms. The van der Waals surface area contributed by atoms with Gasteiger partial charge in [-0.05, 0) is 24.1 Å². The lowest BCUT2D eigenvalue weighted by Crippen LogP contribution is -2.23. The molecule has 0 spiro atoms. The number of nitro groups is 1. The Labute approximate surface area is 150 Å². The summed E-state index contributed by atoms with van der Waals surface area (Å²) in [4.78, 5) is 34.3. The molecule has 8 nitrogen and oxygen atoms in total. The number of hydrogen-bond acceptors (Lipinski definition) is 6. The van der Waals surface area contributed by atoms with Crippen LogP contribution in [0.5, 0.6) is 0 Å². The number of non-ortho nitro benzene ring substituents is 1. The van der Waals surface area contributed by atoms with Crippen LogP contribution in [0.25, 0.3) is 0 Å². The number of carbonyl (C=O) groups is 2. The molecule has 2 aromatic carbocycles. The summed E-state index contributed by atoms with van der Waals surface area (Å²) in [6.45, 7) is 1.88. The molecule has 0 saturated heterocycles. The van der Waals surface area contributed by atoms with Crippen LogP contribution in [-0.2, 0) is 16.0 Å². The van der Waals surface area contributed by atoms with Crippen molar-refractivity contribution in [1.82, 2.24) is 0 Å². The fraction of sp³-hybridized carbons (Fsp3) is 0.222. The molecule has 0 bridgehead atoms. The highest BCUT2D eigenvalue weighted by molar-refractivity contribution is 5.98. The molecule has 2 rings (SSSR count). The normalized spacial score (nSPS) is 10.1. The van der Waals surface area contributed by atoms with Gasteiger partial charge in [0.1, 0.15) is 0 Å². The van der Waals surface area contributed by atoms with Gasteiger partial charge in [-0.3, -0.25) is 14.9 Å². The van der Waals surface area contributed by atoms with E-state index in [9.17, 15) is 19.7 Å². The molecule has 136 valence electrons. The van der Waals surface area contributed by atoms with E-state index >= 15 is 0 Å². The minimum atomic E-state index is -0.729. The monoisotopic (exact) mass is 357 g/mol. The summed E-state index contributed by atoms with van der Waals surface area (Å²) in [5, 5.41) is 16.5. The van der Waals surface area contributed by atoms with E-state index in [4.69, 9.17) is 0 Å². The second-order valence-corrected chi connectivity index (χ2v) is 5.39. The number of aryl methyl sites for hydroxylation is 1. The van der Waals surface area contributed by atoms with Crippen molar-refractivity contribution in [3.8, 4) is 0 Å². The molecule has 2 aromatic rings. The highest BCUT2D eigenvalue weighted by Crippen LogP contribution is 2.23. The number of anilines is 2. The molecule has 1 amide bonds. The van der Waals surface area contributed by atoms with Gasteiger partial charge in [0.25, 0.3) is 5.69 Å². The van der Waals surface area contributed by atoms with Crippen LogP contribution in [0.4, 0.5) is 17.1 Å². The highest BCUT2D eigenvalue weighted by Gasteiger charge is 2.18. The number of carbonyl (C=O) groups excluding carboxylic acids is 2. The summed E-state index contributed by atoms with van der Waals surface area (Å²) < 4.78 is 4.64. The second kappa shape index (κ2) is 8.61. The topological polar surface area (TPSA) is 111 Å². The van der Waals surface area contributed by atoms with Crippen LogP contribution < -0.4 is 10.6 Å². The zero-order valence-corrected chi connectivity index (χ0v) is 14.4. The van der Waals surface area contributed by atoms with Gasteiger partial charge in [-0.15, -0.1) is 0 Å². The Balaban J connectivity index is 2.12. The minimum absolute atomic E-state index is 0.0107. The van der Waals surface area contributed by atoms with Crippen molar-refractivity contribution in [3.63, 3.8) is 0 Å². The lowest BCUT2D eigenvalue weighted by Gasteiger charge is -2.12. The fourth-order valence-corrected chi connectivity index (χ4v) is 2.40. The number of hydrogen-bond donors (Lipinski definition) is 2. The SMILES string of the molecule is CCc1ccccc1NC(=O)CNc1ccc([N+](=O)[O-])cc1C(=O)OC. The molecule has 2 N–H and O–H groups in total.